The van der Waals surface area contributed by atoms with Crippen molar-refractivity contribution in [3.05, 3.63) is 45.6 Å². The van der Waals surface area contributed by atoms with Gasteiger partial charge < -0.3 is 0 Å². The van der Waals surface area contributed by atoms with Crippen molar-refractivity contribution in [2.45, 2.75) is 31.0 Å². The van der Waals surface area contributed by atoms with Gasteiger partial charge in [-0.1, -0.05) is 19.1 Å². The highest BCUT2D eigenvalue weighted by molar-refractivity contribution is 7.93. The van der Waals surface area contributed by atoms with Gasteiger partial charge in [-0.05, 0) is 37.1 Å². The summed E-state index contributed by atoms with van der Waals surface area (Å²) >= 11 is 7.22. The van der Waals surface area contributed by atoms with E-state index in [9.17, 15) is 8.42 Å². The molecule has 3 nitrogen and oxygen atoms in total. The number of alkyl halides is 1. The maximum Gasteiger partial charge on any atom is 0.265 e. The van der Waals surface area contributed by atoms with E-state index in [1.165, 1.54) is 21.2 Å². The number of halogens is 1. The molecule has 114 valence electrons. The van der Waals surface area contributed by atoms with Crippen molar-refractivity contribution < 1.29 is 8.42 Å². The maximum absolute atomic E-state index is 12.7. The van der Waals surface area contributed by atoms with E-state index < -0.39 is 10.0 Å². The summed E-state index contributed by atoms with van der Waals surface area (Å²) in [5.74, 6) is 0.329. The normalized spacial score (nSPS) is 11.6. The van der Waals surface area contributed by atoms with Gasteiger partial charge in [0.2, 0.25) is 0 Å². The Morgan fingerprint density at radius 3 is 2.33 bits per heavy atom. The van der Waals surface area contributed by atoms with E-state index in [1.54, 1.807) is 13.1 Å². The molecule has 2 rings (SSSR count). The van der Waals surface area contributed by atoms with Crippen molar-refractivity contribution in [1.82, 2.24) is 0 Å². The standard InChI is InChI=1S/C15H18ClNO2S2/c1-4-12-5-7-13(8-6-12)17(3)21(18,19)15-9-14(10-16)20-11(15)2/h5-9H,4,10H2,1-3H3. The van der Waals surface area contributed by atoms with Crippen molar-refractivity contribution in [2.75, 3.05) is 11.4 Å². The molecule has 0 spiro atoms. The van der Waals surface area contributed by atoms with Gasteiger partial charge in [0.25, 0.3) is 10.0 Å². The zero-order valence-electron chi connectivity index (χ0n) is 12.3. The fourth-order valence-electron chi connectivity index (χ4n) is 2.07. The Labute approximate surface area is 135 Å². The predicted molar refractivity (Wildman–Crippen MR) is 90.0 cm³/mol. The molecule has 0 atom stereocenters. The van der Waals surface area contributed by atoms with Gasteiger partial charge in [0.05, 0.1) is 11.6 Å². The first-order chi connectivity index (χ1) is 9.90. The van der Waals surface area contributed by atoms with Crippen LogP contribution >= 0.6 is 22.9 Å². The van der Waals surface area contributed by atoms with Crippen LogP contribution in [0.1, 0.15) is 22.2 Å². The third kappa shape index (κ3) is 3.25. The number of anilines is 1. The highest BCUT2D eigenvalue weighted by Crippen LogP contribution is 2.30. The lowest BCUT2D eigenvalue weighted by atomic mass is 10.1. The average molecular weight is 344 g/mol. The highest BCUT2D eigenvalue weighted by Gasteiger charge is 2.25. The molecule has 0 fully saturated rings. The summed E-state index contributed by atoms with van der Waals surface area (Å²) in [4.78, 5) is 1.97. The Kier molecular flexibility index (Phi) is 4.96. The number of rotatable bonds is 5. The molecule has 2 aromatic rings. The fraction of sp³-hybridized carbons (Fsp3) is 0.333. The second kappa shape index (κ2) is 6.38. The topological polar surface area (TPSA) is 37.4 Å². The lowest BCUT2D eigenvalue weighted by molar-refractivity contribution is 0.594. The summed E-state index contributed by atoms with van der Waals surface area (Å²) in [5, 5.41) is 0. The van der Waals surface area contributed by atoms with Crippen LogP contribution < -0.4 is 4.31 Å². The second-order valence-electron chi connectivity index (χ2n) is 4.76. The van der Waals surface area contributed by atoms with E-state index in [0.717, 1.165) is 16.2 Å². The van der Waals surface area contributed by atoms with Crippen LogP contribution in [0.4, 0.5) is 5.69 Å². The number of benzene rings is 1. The zero-order chi connectivity index (χ0) is 15.6. The summed E-state index contributed by atoms with van der Waals surface area (Å²) in [7, 11) is -1.97. The smallest absolute Gasteiger partial charge is 0.265 e. The van der Waals surface area contributed by atoms with Crippen LogP contribution in [0.2, 0.25) is 0 Å². The minimum absolute atomic E-state index is 0.329. The number of thiophene rings is 1. The van der Waals surface area contributed by atoms with Crippen LogP contribution in [0.25, 0.3) is 0 Å². The summed E-state index contributed by atoms with van der Waals surface area (Å²) in [6.45, 7) is 3.87. The van der Waals surface area contributed by atoms with Crippen molar-refractivity contribution >= 4 is 38.6 Å². The number of hydrogen-bond acceptors (Lipinski definition) is 3. The second-order valence-corrected chi connectivity index (χ2v) is 8.31. The fourth-order valence-corrected chi connectivity index (χ4v) is 4.96. The van der Waals surface area contributed by atoms with E-state index in [1.807, 2.05) is 31.2 Å². The number of nitrogens with zero attached hydrogens (tertiary/aromatic N) is 1. The zero-order valence-corrected chi connectivity index (χ0v) is 14.6. The molecule has 0 saturated carbocycles. The lowest BCUT2D eigenvalue weighted by Gasteiger charge is -2.19. The van der Waals surface area contributed by atoms with Crippen molar-refractivity contribution in [3.63, 3.8) is 0 Å². The van der Waals surface area contributed by atoms with Crippen LogP contribution in [-0.2, 0) is 22.3 Å². The molecule has 0 unspecified atom stereocenters. The number of hydrogen-bond donors (Lipinski definition) is 0. The number of sulfonamides is 1. The molecule has 1 aromatic carbocycles. The first-order valence-corrected chi connectivity index (χ1v) is 9.42. The third-order valence-electron chi connectivity index (χ3n) is 3.40. The average Bonchev–Trinajstić information content (AvgIpc) is 2.88. The molecular weight excluding hydrogens is 326 g/mol. The molecule has 0 aliphatic rings. The molecule has 21 heavy (non-hydrogen) atoms. The van der Waals surface area contributed by atoms with Gasteiger partial charge in [0.1, 0.15) is 4.90 Å². The molecule has 1 heterocycles. The van der Waals surface area contributed by atoms with Crippen LogP contribution in [0.5, 0.6) is 0 Å². The molecule has 0 radical (unpaired) electrons. The first-order valence-electron chi connectivity index (χ1n) is 6.63. The molecule has 0 aliphatic carbocycles. The van der Waals surface area contributed by atoms with E-state index >= 15 is 0 Å². The molecule has 0 aliphatic heterocycles. The van der Waals surface area contributed by atoms with E-state index in [-0.39, 0.29) is 0 Å². The molecule has 6 heteroatoms. The third-order valence-corrected chi connectivity index (χ3v) is 6.94. The van der Waals surface area contributed by atoms with Crippen molar-refractivity contribution in [1.29, 1.82) is 0 Å². The van der Waals surface area contributed by atoms with Gasteiger partial charge in [-0.2, -0.15) is 0 Å². The molecule has 0 saturated heterocycles. The Balaban J connectivity index is 2.39. The van der Waals surface area contributed by atoms with E-state index in [4.69, 9.17) is 11.6 Å². The summed E-state index contributed by atoms with van der Waals surface area (Å²) in [5.41, 5.74) is 1.84. The first kappa shape index (κ1) is 16.3. The predicted octanol–water partition coefficient (Wildman–Crippen LogP) is 4.18. The Morgan fingerprint density at radius 1 is 1.24 bits per heavy atom. The maximum atomic E-state index is 12.7. The Bertz CT molecular complexity index is 721. The van der Waals surface area contributed by atoms with Crippen LogP contribution in [0.15, 0.2) is 35.2 Å². The molecule has 0 bridgehead atoms. The summed E-state index contributed by atoms with van der Waals surface area (Å²) in [6, 6.07) is 9.23. The van der Waals surface area contributed by atoms with Gasteiger partial charge >= 0.3 is 0 Å². The van der Waals surface area contributed by atoms with Crippen LogP contribution in [0, 0.1) is 6.92 Å². The van der Waals surface area contributed by atoms with Crippen molar-refractivity contribution in [3.8, 4) is 0 Å². The van der Waals surface area contributed by atoms with E-state index in [0.29, 0.717) is 16.5 Å². The highest BCUT2D eigenvalue weighted by atomic mass is 35.5. The monoisotopic (exact) mass is 343 g/mol. The quantitative estimate of drug-likeness (QED) is 0.763. The van der Waals surface area contributed by atoms with Gasteiger partial charge in [0, 0.05) is 16.8 Å². The van der Waals surface area contributed by atoms with Gasteiger partial charge in [0.15, 0.2) is 0 Å². The van der Waals surface area contributed by atoms with Crippen LogP contribution in [-0.4, -0.2) is 15.5 Å². The van der Waals surface area contributed by atoms with Gasteiger partial charge in [-0.3, -0.25) is 4.31 Å². The van der Waals surface area contributed by atoms with E-state index in [2.05, 4.69) is 6.92 Å². The summed E-state index contributed by atoms with van der Waals surface area (Å²) < 4.78 is 26.8. The number of aryl methyl sites for hydroxylation is 2. The molecular formula is C15H18ClNO2S2. The van der Waals surface area contributed by atoms with Crippen LogP contribution in [0.3, 0.4) is 0 Å². The van der Waals surface area contributed by atoms with Crippen molar-refractivity contribution in [2.24, 2.45) is 0 Å². The molecule has 0 amide bonds. The van der Waals surface area contributed by atoms with Gasteiger partial charge in [-0.25, -0.2) is 8.42 Å². The SMILES string of the molecule is CCc1ccc(N(C)S(=O)(=O)c2cc(CCl)sc2C)cc1. The lowest BCUT2D eigenvalue weighted by Crippen LogP contribution is -2.26. The molecule has 0 N–H and O–H groups in total. The molecule has 1 aromatic heterocycles. The minimum atomic E-state index is -3.55. The Morgan fingerprint density at radius 2 is 1.86 bits per heavy atom. The largest absolute Gasteiger partial charge is 0.269 e. The summed E-state index contributed by atoms with van der Waals surface area (Å²) in [6.07, 6.45) is 0.930. The minimum Gasteiger partial charge on any atom is -0.269 e. The Hall–Kier alpha value is -1.04. The van der Waals surface area contributed by atoms with Gasteiger partial charge in [-0.15, -0.1) is 22.9 Å².